The molecule has 1 aromatic carbocycles. The molecule has 0 aliphatic rings. The fourth-order valence-electron chi connectivity index (χ4n) is 1.39. The Labute approximate surface area is 116 Å². The van der Waals surface area contributed by atoms with Crippen LogP contribution in [0.5, 0.6) is 0 Å². The fraction of sp³-hybridized carbons (Fsp3) is 0.333. The minimum atomic E-state index is -1.14. The molecule has 19 heavy (non-hydrogen) atoms. The van der Waals surface area contributed by atoms with E-state index in [-0.39, 0.29) is 17.3 Å². The topological polar surface area (TPSA) is 81.7 Å². The van der Waals surface area contributed by atoms with Crippen LogP contribution < -0.4 is 10.6 Å². The Kier molecular flexibility index (Phi) is 5.59. The van der Waals surface area contributed by atoms with Crippen LogP contribution in [0.2, 0.25) is 5.02 Å². The van der Waals surface area contributed by atoms with Gasteiger partial charge in [-0.1, -0.05) is 11.6 Å². The molecule has 0 aliphatic carbocycles. The van der Waals surface area contributed by atoms with Crippen molar-refractivity contribution in [3.8, 4) is 0 Å². The van der Waals surface area contributed by atoms with Gasteiger partial charge < -0.3 is 20.6 Å². The van der Waals surface area contributed by atoms with Crippen LogP contribution in [0.3, 0.4) is 0 Å². The predicted molar refractivity (Wildman–Crippen MR) is 74.0 cm³/mol. The molecule has 0 saturated carbocycles. The molecule has 0 aliphatic heterocycles. The van der Waals surface area contributed by atoms with Crippen molar-refractivity contribution in [2.75, 3.05) is 32.5 Å². The van der Waals surface area contributed by atoms with Crippen molar-refractivity contribution >= 4 is 29.3 Å². The Morgan fingerprint density at radius 3 is 2.68 bits per heavy atom. The van der Waals surface area contributed by atoms with Crippen LogP contribution in [0, 0.1) is 0 Å². The number of hydrogen-bond acceptors (Lipinski definition) is 3. The van der Waals surface area contributed by atoms with Gasteiger partial charge in [-0.3, -0.25) is 0 Å². The van der Waals surface area contributed by atoms with Gasteiger partial charge in [0, 0.05) is 25.2 Å². The number of anilines is 1. The van der Waals surface area contributed by atoms with Gasteiger partial charge in [0.1, 0.15) is 0 Å². The summed E-state index contributed by atoms with van der Waals surface area (Å²) in [5, 5.41) is 14.8. The zero-order chi connectivity index (χ0) is 14.4. The molecule has 0 heterocycles. The lowest BCUT2D eigenvalue weighted by molar-refractivity contribution is 0.0698. The van der Waals surface area contributed by atoms with Crippen LogP contribution in [0.1, 0.15) is 10.4 Å². The summed E-state index contributed by atoms with van der Waals surface area (Å²) in [4.78, 5) is 24.4. The number of rotatable bonds is 5. The van der Waals surface area contributed by atoms with Gasteiger partial charge in [-0.2, -0.15) is 0 Å². The molecule has 1 rings (SSSR count). The van der Waals surface area contributed by atoms with Gasteiger partial charge in [0.05, 0.1) is 11.3 Å². The molecule has 0 atom stereocenters. The van der Waals surface area contributed by atoms with E-state index in [4.69, 9.17) is 16.7 Å². The first-order valence-electron chi connectivity index (χ1n) is 5.65. The highest BCUT2D eigenvalue weighted by Gasteiger charge is 2.15. The first-order chi connectivity index (χ1) is 8.95. The Balaban J connectivity index is 2.81. The van der Waals surface area contributed by atoms with Crippen molar-refractivity contribution in [2.45, 2.75) is 0 Å². The number of nitrogens with one attached hydrogen (secondary N) is 2. The number of carbonyl (C=O) groups excluding carboxylic acids is 1. The van der Waals surface area contributed by atoms with Crippen LogP contribution in [0.4, 0.5) is 10.5 Å². The normalized spacial score (nSPS) is 10.1. The van der Waals surface area contributed by atoms with E-state index in [1.165, 1.54) is 23.1 Å². The number of halogens is 1. The van der Waals surface area contributed by atoms with E-state index in [2.05, 4.69) is 10.6 Å². The van der Waals surface area contributed by atoms with E-state index in [0.29, 0.717) is 18.1 Å². The number of carboxylic acids is 1. The highest BCUT2D eigenvalue weighted by molar-refractivity contribution is 6.31. The molecule has 0 saturated heterocycles. The molecule has 2 amide bonds. The van der Waals surface area contributed by atoms with Gasteiger partial charge >= 0.3 is 12.0 Å². The Morgan fingerprint density at radius 2 is 2.11 bits per heavy atom. The zero-order valence-electron chi connectivity index (χ0n) is 10.7. The van der Waals surface area contributed by atoms with Crippen molar-refractivity contribution < 1.29 is 14.7 Å². The van der Waals surface area contributed by atoms with Gasteiger partial charge in [0.15, 0.2) is 0 Å². The first-order valence-corrected chi connectivity index (χ1v) is 6.03. The Morgan fingerprint density at radius 1 is 1.42 bits per heavy atom. The lowest BCUT2D eigenvalue weighted by Gasteiger charge is -2.18. The first kappa shape index (κ1) is 15.3. The van der Waals surface area contributed by atoms with Gasteiger partial charge in [-0.05, 0) is 25.2 Å². The quantitative estimate of drug-likeness (QED) is 0.769. The Bertz CT molecular complexity index is 479. The monoisotopic (exact) mass is 285 g/mol. The number of hydrogen-bond donors (Lipinski definition) is 3. The van der Waals surface area contributed by atoms with E-state index < -0.39 is 5.97 Å². The second kappa shape index (κ2) is 6.96. The number of benzene rings is 1. The van der Waals surface area contributed by atoms with Crippen LogP contribution >= 0.6 is 11.6 Å². The summed E-state index contributed by atoms with van der Waals surface area (Å²) in [5.74, 6) is -1.14. The van der Waals surface area contributed by atoms with Crippen molar-refractivity contribution in [1.82, 2.24) is 10.2 Å². The Hall–Kier alpha value is -1.79. The number of likely N-dealkylation sites (N-methyl/N-ethyl adjacent to an activating group) is 2. The number of aromatic carboxylic acids is 1. The average molecular weight is 286 g/mol. The molecule has 0 radical (unpaired) electrons. The molecular formula is C12H16ClN3O3. The molecule has 3 N–H and O–H groups in total. The molecule has 104 valence electrons. The van der Waals surface area contributed by atoms with Gasteiger partial charge in [0.25, 0.3) is 0 Å². The van der Waals surface area contributed by atoms with E-state index in [1.807, 2.05) is 0 Å². The smallest absolute Gasteiger partial charge is 0.337 e. The lowest BCUT2D eigenvalue weighted by atomic mass is 10.2. The third-order valence-corrected chi connectivity index (χ3v) is 2.73. The molecule has 0 bridgehead atoms. The van der Waals surface area contributed by atoms with Crippen LogP contribution in [-0.2, 0) is 0 Å². The maximum absolute atomic E-state index is 11.8. The third kappa shape index (κ3) is 4.42. The summed E-state index contributed by atoms with van der Waals surface area (Å²) in [6.07, 6.45) is 0. The van der Waals surface area contributed by atoms with Crippen LogP contribution in [0.25, 0.3) is 0 Å². The van der Waals surface area contributed by atoms with Gasteiger partial charge in [0.2, 0.25) is 0 Å². The summed E-state index contributed by atoms with van der Waals surface area (Å²) < 4.78 is 0. The molecular weight excluding hydrogens is 270 g/mol. The van der Waals surface area contributed by atoms with Gasteiger partial charge in [-0.15, -0.1) is 0 Å². The summed E-state index contributed by atoms with van der Waals surface area (Å²) in [7, 11) is 3.41. The number of amides is 2. The molecule has 0 fully saturated rings. The van der Waals surface area contributed by atoms with Crippen molar-refractivity contribution in [2.24, 2.45) is 0 Å². The zero-order valence-corrected chi connectivity index (χ0v) is 11.5. The van der Waals surface area contributed by atoms with Crippen molar-refractivity contribution in [1.29, 1.82) is 0 Å². The third-order valence-electron chi connectivity index (χ3n) is 2.50. The predicted octanol–water partition coefficient (Wildman–Crippen LogP) is 1.72. The molecule has 1 aromatic rings. The average Bonchev–Trinajstić information content (AvgIpc) is 2.37. The molecule has 0 spiro atoms. The fourth-order valence-corrected chi connectivity index (χ4v) is 1.57. The van der Waals surface area contributed by atoms with E-state index in [1.54, 1.807) is 14.1 Å². The minimum Gasteiger partial charge on any atom is -0.478 e. The van der Waals surface area contributed by atoms with E-state index >= 15 is 0 Å². The second-order valence-corrected chi connectivity index (χ2v) is 4.39. The molecule has 0 unspecified atom stereocenters. The minimum absolute atomic E-state index is 0.0390. The number of carbonyl (C=O) groups is 2. The lowest BCUT2D eigenvalue weighted by Crippen LogP contribution is -2.36. The molecule has 6 nitrogen and oxygen atoms in total. The number of carboxylic acid groups (broad SMARTS) is 1. The summed E-state index contributed by atoms with van der Waals surface area (Å²) in [6.45, 7) is 1.16. The highest BCUT2D eigenvalue weighted by atomic mass is 35.5. The molecule has 7 heteroatoms. The number of nitrogens with zero attached hydrogens (tertiary/aromatic N) is 1. The van der Waals surface area contributed by atoms with Crippen molar-refractivity contribution in [3.05, 3.63) is 28.8 Å². The van der Waals surface area contributed by atoms with Crippen LogP contribution in [0.15, 0.2) is 18.2 Å². The summed E-state index contributed by atoms with van der Waals surface area (Å²) in [6, 6.07) is 3.92. The summed E-state index contributed by atoms with van der Waals surface area (Å²) >= 11 is 5.73. The maximum atomic E-state index is 11.8. The van der Waals surface area contributed by atoms with Crippen LogP contribution in [-0.4, -0.2) is 49.2 Å². The highest BCUT2D eigenvalue weighted by Crippen LogP contribution is 2.21. The maximum Gasteiger partial charge on any atom is 0.337 e. The number of urea groups is 1. The van der Waals surface area contributed by atoms with E-state index in [0.717, 1.165) is 0 Å². The van der Waals surface area contributed by atoms with E-state index in [9.17, 15) is 9.59 Å². The largest absolute Gasteiger partial charge is 0.478 e. The van der Waals surface area contributed by atoms with Gasteiger partial charge in [-0.25, -0.2) is 9.59 Å². The SMILES string of the molecule is CNCCN(C)C(=O)Nc1ccc(Cl)cc1C(=O)O. The summed E-state index contributed by atoms with van der Waals surface area (Å²) in [5.41, 5.74) is 0.182. The molecule has 0 aromatic heterocycles. The van der Waals surface area contributed by atoms with Crippen molar-refractivity contribution in [3.63, 3.8) is 0 Å². The standard InChI is InChI=1S/C12H16ClN3O3/c1-14-5-6-16(2)12(19)15-10-4-3-8(13)7-9(10)11(17)18/h3-4,7,14H,5-6H2,1-2H3,(H,15,19)(H,17,18). The second-order valence-electron chi connectivity index (χ2n) is 3.95.